The van der Waals surface area contributed by atoms with E-state index in [1.807, 2.05) is 13.8 Å². The number of urea groups is 1. The number of carboxylic acids is 1. The summed E-state index contributed by atoms with van der Waals surface area (Å²) >= 11 is 0. The molecule has 0 heterocycles. The molecule has 0 unspecified atom stereocenters. The van der Waals surface area contributed by atoms with Gasteiger partial charge < -0.3 is 20.2 Å². The van der Waals surface area contributed by atoms with Gasteiger partial charge in [0.1, 0.15) is 6.54 Å². The van der Waals surface area contributed by atoms with Gasteiger partial charge in [-0.1, -0.05) is 0 Å². The first-order chi connectivity index (χ1) is 8.77. The van der Waals surface area contributed by atoms with Gasteiger partial charge in [-0.15, -0.1) is 0 Å². The van der Waals surface area contributed by atoms with Crippen molar-refractivity contribution in [2.45, 2.75) is 33.2 Å². The average molecular weight is 273 g/mol. The highest BCUT2D eigenvalue weighted by Crippen LogP contribution is 1.99. The van der Waals surface area contributed by atoms with E-state index in [-0.39, 0.29) is 37.5 Å². The third-order valence-electron chi connectivity index (χ3n) is 2.40. The zero-order valence-electron chi connectivity index (χ0n) is 12.0. The molecule has 7 heteroatoms. The summed E-state index contributed by atoms with van der Waals surface area (Å²) in [6.45, 7) is 5.95. The van der Waals surface area contributed by atoms with Crippen LogP contribution in [0.25, 0.3) is 0 Å². The Labute approximate surface area is 113 Å². The lowest BCUT2D eigenvalue weighted by Gasteiger charge is -2.26. The summed E-state index contributed by atoms with van der Waals surface area (Å²) in [5, 5.41) is 11.3. The van der Waals surface area contributed by atoms with Gasteiger partial charge in [0, 0.05) is 26.2 Å². The van der Waals surface area contributed by atoms with Crippen LogP contribution >= 0.6 is 0 Å². The first kappa shape index (κ1) is 17.2. The Kier molecular flexibility index (Phi) is 7.55. The Balaban J connectivity index is 4.35. The van der Waals surface area contributed by atoms with Gasteiger partial charge in [0.05, 0.1) is 6.42 Å². The Bertz CT molecular complexity index is 331. The molecule has 0 aliphatic heterocycles. The minimum Gasteiger partial charge on any atom is -0.481 e. The summed E-state index contributed by atoms with van der Waals surface area (Å²) in [6.07, 6.45) is -0.106. The monoisotopic (exact) mass is 273 g/mol. The van der Waals surface area contributed by atoms with Crippen LogP contribution in [0.4, 0.5) is 4.79 Å². The molecular weight excluding hydrogens is 250 g/mol. The quantitative estimate of drug-likeness (QED) is 0.700. The first-order valence-electron chi connectivity index (χ1n) is 6.29. The molecule has 0 fully saturated rings. The molecule has 0 saturated carbocycles. The number of hydrogen-bond donors (Lipinski definition) is 2. The lowest BCUT2D eigenvalue weighted by Crippen LogP contribution is -2.46. The Hall–Kier alpha value is -1.79. The van der Waals surface area contributed by atoms with Gasteiger partial charge >= 0.3 is 12.0 Å². The first-order valence-corrected chi connectivity index (χ1v) is 6.29. The maximum absolute atomic E-state index is 12.0. The number of hydrogen-bond acceptors (Lipinski definition) is 3. The van der Waals surface area contributed by atoms with E-state index in [4.69, 9.17) is 5.11 Å². The lowest BCUT2D eigenvalue weighted by atomic mass is 10.3. The molecule has 0 atom stereocenters. The molecule has 0 saturated heterocycles. The van der Waals surface area contributed by atoms with Gasteiger partial charge in [-0.05, 0) is 20.8 Å². The number of nitrogens with one attached hydrogen (secondary N) is 1. The van der Waals surface area contributed by atoms with Gasteiger partial charge in [-0.25, -0.2) is 4.79 Å². The molecule has 0 spiro atoms. The summed E-state index contributed by atoms with van der Waals surface area (Å²) in [7, 11) is 1.52. The molecule has 0 bridgehead atoms. The lowest BCUT2D eigenvalue weighted by molar-refractivity contribution is -0.137. The molecule has 0 aromatic heterocycles. The Morgan fingerprint density at radius 2 is 1.84 bits per heavy atom. The van der Waals surface area contributed by atoms with Crippen molar-refractivity contribution < 1.29 is 19.5 Å². The van der Waals surface area contributed by atoms with Gasteiger partial charge in [-0.3, -0.25) is 9.59 Å². The van der Waals surface area contributed by atoms with Gasteiger partial charge in [0.15, 0.2) is 0 Å². The number of aliphatic carboxylic acids is 1. The zero-order valence-corrected chi connectivity index (χ0v) is 12.0. The van der Waals surface area contributed by atoms with E-state index < -0.39 is 5.97 Å². The molecule has 19 heavy (non-hydrogen) atoms. The van der Waals surface area contributed by atoms with E-state index in [0.717, 1.165) is 0 Å². The molecule has 0 aromatic carbocycles. The highest BCUT2D eigenvalue weighted by atomic mass is 16.4. The highest BCUT2D eigenvalue weighted by molar-refractivity contribution is 5.84. The molecule has 110 valence electrons. The van der Waals surface area contributed by atoms with E-state index in [1.54, 1.807) is 6.92 Å². The summed E-state index contributed by atoms with van der Waals surface area (Å²) in [4.78, 5) is 36.7. The van der Waals surface area contributed by atoms with Crippen molar-refractivity contribution in [1.82, 2.24) is 15.1 Å². The van der Waals surface area contributed by atoms with Crippen molar-refractivity contribution in [3.8, 4) is 0 Å². The number of likely N-dealkylation sites (N-methyl/N-ethyl adjacent to an activating group) is 1. The van der Waals surface area contributed by atoms with E-state index in [2.05, 4.69) is 5.32 Å². The van der Waals surface area contributed by atoms with Crippen LogP contribution in [0.5, 0.6) is 0 Å². The zero-order chi connectivity index (χ0) is 15.0. The highest BCUT2D eigenvalue weighted by Gasteiger charge is 2.19. The average Bonchev–Trinajstić information content (AvgIpc) is 2.27. The summed E-state index contributed by atoms with van der Waals surface area (Å²) in [6, 6.07) is -0.326. The third kappa shape index (κ3) is 7.28. The van der Waals surface area contributed by atoms with Gasteiger partial charge in [0.25, 0.3) is 0 Å². The predicted molar refractivity (Wildman–Crippen MR) is 70.8 cm³/mol. The summed E-state index contributed by atoms with van der Waals surface area (Å²) in [5.41, 5.74) is 0. The van der Waals surface area contributed by atoms with Crippen molar-refractivity contribution in [2.24, 2.45) is 0 Å². The van der Waals surface area contributed by atoms with Crippen LogP contribution in [-0.2, 0) is 9.59 Å². The van der Waals surface area contributed by atoms with Crippen LogP contribution < -0.4 is 5.32 Å². The van der Waals surface area contributed by atoms with Crippen molar-refractivity contribution >= 4 is 17.9 Å². The fraction of sp³-hybridized carbons (Fsp3) is 0.750. The molecule has 2 N–H and O–H groups in total. The summed E-state index contributed by atoms with van der Waals surface area (Å²) < 4.78 is 0. The number of nitrogens with zero attached hydrogens (tertiary/aromatic N) is 2. The maximum atomic E-state index is 12.0. The second-order valence-corrected chi connectivity index (χ2v) is 4.58. The molecule has 0 aliphatic carbocycles. The van der Waals surface area contributed by atoms with E-state index in [0.29, 0.717) is 6.54 Å². The second kappa shape index (κ2) is 8.34. The Morgan fingerprint density at radius 3 is 2.26 bits per heavy atom. The number of carbonyl (C=O) groups excluding carboxylic acids is 2. The number of carbonyl (C=O) groups is 3. The fourth-order valence-electron chi connectivity index (χ4n) is 1.51. The smallest absolute Gasteiger partial charge is 0.320 e. The van der Waals surface area contributed by atoms with Crippen molar-refractivity contribution in [2.75, 3.05) is 26.7 Å². The minimum absolute atomic E-state index is 0.0188. The predicted octanol–water partition coefficient (Wildman–Crippen LogP) is 0.359. The third-order valence-corrected chi connectivity index (χ3v) is 2.40. The topological polar surface area (TPSA) is 90.0 Å². The largest absolute Gasteiger partial charge is 0.481 e. The second-order valence-electron chi connectivity index (χ2n) is 4.58. The van der Waals surface area contributed by atoms with Crippen LogP contribution in [0.2, 0.25) is 0 Å². The van der Waals surface area contributed by atoms with Gasteiger partial charge in [-0.2, -0.15) is 0 Å². The fourth-order valence-corrected chi connectivity index (χ4v) is 1.51. The molecule has 3 amide bonds. The SMILES string of the molecule is CCN(CCC(=O)O)C(=O)N(C)CC(=O)NC(C)C. The number of rotatable bonds is 7. The van der Waals surface area contributed by atoms with Crippen molar-refractivity contribution in [1.29, 1.82) is 0 Å². The Morgan fingerprint density at radius 1 is 1.26 bits per heavy atom. The molecular formula is C12H23N3O4. The molecule has 0 rings (SSSR count). The van der Waals surface area contributed by atoms with Crippen LogP contribution in [0.15, 0.2) is 0 Å². The molecule has 0 radical (unpaired) electrons. The maximum Gasteiger partial charge on any atom is 0.320 e. The van der Waals surface area contributed by atoms with Crippen LogP contribution in [-0.4, -0.2) is 65.5 Å². The number of amides is 3. The van der Waals surface area contributed by atoms with Crippen molar-refractivity contribution in [3.05, 3.63) is 0 Å². The molecule has 0 aliphatic rings. The minimum atomic E-state index is -0.952. The molecule has 0 aromatic rings. The standard InChI is InChI=1S/C12H23N3O4/c1-5-15(7-6-11(17)18)12(19)14(4)8-10(16)13-9(2)3/h9H,5-8H2,1-4H3,(H,13,16)(H,17,18). The normalized spacial score (nSPS) is 10.2. The van der Waals surface area contributed by atoms with Crippen LogP contribution in [0.3, 0.4) is 0 Å². The molecule has 7 nitrogen and oxygen atoms in total. The number of carboxylic acid groups (broad SMARTS) is 1. The van der Waals surface area contributed by atoms with Gasteiger partial charge in [0.2, 0.25) is 5.91 Å². The van der Waals surface area contributed by atoms with E-state index >= 15 is 0 Å². The van der Waals surface area contributed by atoms with Crippen LogP contribution in [0.1, 0.15) is 27.2 Å². The van der Waals surface area contributed by atoms with E-state index in [9.17, 15) is 14.4 Å². The summed E-state index contributed by atoms with van der Waals surface area (Å²) in [5.74, 6) is -1.19. The van der Waals surface area contributed by atoms with Crippen molar-refractivity contribution in [3.63, 3.8) is 0 Å². The van der Waals surface area contributed by atoms with Crippen LogP contribution in [0, 0.1) is 0 Å². The van der Waals surface area contributed by atoms with E-state index in [1.165, 1.54) is 16.8 Å².